The van der Waals surface area contributed by atoms with Crippen LogP contribution in [0.15, 0.2) is 36.5 Å². The Labute approximate surface area is 166 Å². The minimum Gasteiger partial charge on any atom is -0.444 e. The number of carbonyl (C=O) groups is 1. The Morgan fingerprint density at radius 2 is 2.14 bits per heavy atom. The van der Waals surface area contributed by atoms with Crippen molar-refractivity contribution in [2.75, 3.05) is 18.4 Å². The molecule has 1 aromatic carbocycles. The standard InChI is InChI=1S/C22H28N4O2/c1-2-12-26-13-6-9-18-19(26)11-10-17-14-23-21(24-20(17)18)25-22(27)28-15-16-7-4-3-5-8-16/h3-5,7-8,14,18-19H,2,6,9-13,15H2,1H3,(H,23,24,25,27)/t18-,19+/m1/s1. The molecule has 2 aliphatic rings. The van der Waals surface area contributed by atoms with E-state index < -0.39 is 6.09 Å². The molecule has 0 saturated carbocycles. The zero-order valence-electron chi connectivity index (χ0n) is 16.4. The summed E-state index contributed by atoms with van der Waals surface area (Å²) in [6.45, 7) is 4.81. The maximum Gasteiger partial charge on any atom is 0.414 e. The Balaban J connectivity index is 1.43. The van der Waals surface area contributed by atoms with Crippen LogP contribution in [0.2, 0.25) is 0 Å². The second kappa shape index (κ2) is 8.69. The van der Waals surface area contributed by atoms with Crippen molar-refractivity contribution in [1.82, 2.24) is 14.9 Å². The molecule has 28 heavy (non-hydrogen) atoms. The number of piperidine rings is 1. The zero-order valence-corrected chi connectivity index (χ0v) is 16.4. The third kappa shape index (κ3) is 4.17. The number of hydrogen-bond acceptors (Lipinski definition) is 5. The molecular formula is C22H28N4O2. The van der Waals surface area contributed by atoms with Gasteiger partial charge in [-0.25, -0.2) is 14.8 Å². The Bertz CT molecular complexity index is 809. The van der Waals surface area contributed by atoms with E-state index in [9.17, 15) is 4.79 Å². The van der Waals surface area contributed by atoms with Gasteiger partial charge in [0.25, 0.3) is 0 Å². The number of likely N-dealkylation sites (tertiary alicyclic amines) is 1. The average molecular weight is 380 g/mol. The molecule has 0 spiro atoms. The minimum absolute atomic E-state index is 0.230. The molecule has 1 saturated heterocycles. The third-order valence-electron chi connectivity index (χ3n) is 5.79. The molecular weight excluding hydrogens is 352 g/mol. The van der Waals surface area contributed by atoms with E-state index in [0.717, 1.165) is 30.6 Å². The Morgan fingerprint density at radius 1 is 1.29 bits per heavy atom. The number of anilines is 1. The highest BCUT2D eigenvalue weighted by molar-refractivity contribution is 5.82. The largest absolute Gasteiger partial charge is 0.444 e. The average Bonchev–Trinajstić information content (AvgIpc) is 2.73. The van der Waals surface area contributed by atoms with Crippen molar-refractivity contribution in [1.29, 1.82) is 0 Å². The van der Waals surface area contributed by atoms with Gasteiger partial charge in [-0.2, -0.15) is 0 Å². The van der Waals surface area contributed by atoms with Gasteiger partial charge in [0.05, 0.1) is 5.69 Å². The predicted octanol–water partition coefficient (Wildman–Crippen LogP) is 4.13. The fourth-order valence-corrected chi connectivity index (χ4v) is 4.54. The molecule has 1 aliphatic heterocycles. The molecule has 1 fully saturated rings. The molecule has 6 nitrogen and oxygen atoms in total. The zero-order chi connectivity index (χ0) is 19.3. The first kappa shape index (κ1) is 18.9. The van der Waals surface area contributed by atoms with Gasteiger partial charge in [0.15, 0.2) is 0 Å². The number of aromatic nitrogens is 2. The first-order valence-electron chi connectivity index (χ1n) is 10.3. The summed E-state index contributed by atoms with van der Waals surface area (Å²) in [7, 11) is 0. The minimum atomic E-state index is -0.521. The molecule has 1 amide bonds. The topological polar surface area (TPSA) is 67.4 Å². The van der Waals surface area contributed by atoms with Gasteiger partial charge in [0.1, 0.15) is 6.61 Å². The molecule has 0 unspecified atom stereocenters. The summed E-state index contributed by atoms with van der Waals surface area (Å²) in [5.74, 6) is 0.776. The van der Waals surface area contributed by atoms with Crippen molar-refractivity contribution in [3.63, 3.8) is 0 Å². The summed E-state index contributed by atoms with van der Waals surface area (Å²) in [6, 6.07) is 10.2. The molecule has 4 rings (SSSR count). The van der Waals surface area contributed by atoms with Crippen LogP contribution in [0.4, 0.5) is 10.7 Å². The monoisotopic (exact) mass is 380 g/mol. The van der Waals surface area contributed by atoms with Gasteiger partial charge >= 0.3 is 6.09 Å². The van der Waals surface area contributed by atoms with E-state index >= 15 is 0 Å². The van der Waals surface area contributed by atoms with Crippen LogP contribution in [-0.4, -0.2) is 40.1 Å². The first-order chi connectivity index (χ1) is 13.7. The molecule has 148 valence electrons. The molecule has 0 radical (unpaired) electrons. The van der Waals surface area contributed by atoms with E-state index in [4.69, 9.17) is 9.72 Å². The summed E-state index contributed by atoms with van der Waals surface area (Å²) in [6.07, 6.45) is 7.08. The van der Waals surface area contributed by atoms with Crippen molar-refractivity contribution in [3.8, 4) is 0 Å². The summed E-state index contributed by atoms with van der Waals surface area (Å²) < 4.78 is 5.29. The highest BCUT2D eigenvalue weighted by Gasteiger charge is 2.37. The normalized spacial score (nSPS) is 21.5. The van der Waals surface area contributed by atoms with Gasteiger partial charge in [0, 0.05) is 18.2 Å². The number of nitrogens with zero attached hydrogens (tertiary/aromatic N) is 3. The molecule has 1 aliphatic carbocycles. The lowest BCUT2D eigenvalue weighted by Gasteiger charge is -2.44. The summed E-state index contributed by atoms with van der Waals surface area (Å²) in [4.78, 5) is 23.9. The van der Waals surface area contributed by atoms with Crippen molar-refractivity contribution in [2.45, 2.75) is 57.6 Å². The number of amides is 1. The Hall–Kier alpha value is -2.47. The lowest BCUT2D eigenvalue weighted by Crippen LogP contribution is -2.47. The van der Waals surface area contributed by atoms with E-state index in [1.54, 1.807) is 0 Å². The second-order valence-electron chi connectivity index (χ2n) is 7.68. The lowest BCUT2D eigenvalue weighted by molar-refractivity contribution is 0.111. The summed E-state index contributed by atoms with van der Waals surface area (Å²) >= 11 is 0. The van der Waals surface area contributed by atoms with Crippen LogP contribution in [0, 0.1) is 0 Å². The quantitative estimate of drug-likeness (QED) is 0.845. The Morgan fingerprint density at radius 3 is 2.96 bits per heavy atom. The SMILES string of the molecule is CCCN1CCC[C@H]2c3nc(NC(=O)OCc4ccccc4)ncc3CC[C@@H]21. The molecule has 2 heterocycles. The second-order valence-corrected chi connectivity index (χ2v) is 7.68. The number of benzene rings is 1. The van der Waals surface area contributed by atoms with Crippen LogP contribution < -0.4 is 5.32 Å². The number of nitrogens with one attached hydrogen (secondary N) is 1. The predicted molar refractivity (Wildman–Crippen MR) is 108 cm³/mol. The fraction of sp³-hybridized carbons (Fsp3) is 0.500. The van der Waals surface area contributed by atoms with Crippen LogP contribution in [0.1, 0.15) is 55.3 Å². The van der Waals surface area contributed by atoms with Crippen molar-refractivity contribution in [2.24, 2.45) is 0 Å². The van der Waals surface area contributed by atoms with E-state index in [2.05, 4.69) is 22.1 Å². The summed E-state index contributed by atoms with van der Waals surface area (Å²) in [5, 5.41) is 2.70. The lowest BCUT2D eigenvalue weighted by atomic mass is 9.77. The molecule has 2 aromatic rings. The molecule has 6 heteroatoms. The van der Waals surface area contributed by atoms with Gasteiger partial charge in [-0.1, -0.05) is 37.3 Å². The van der Waals surface area contributed by atoms with Gasteiger partial charge in [-0.05, 0) is 56.3 Å². The number of rotatable bonds is 5. The smallest absolute Gasteiger partial charge is 0.414 e. The van der Waals surface area contributed by atoms with Crippen LogP contribution in [0.3, 0.4) is 0 Å². The first-order valence-corrected chi connectivity index (χ1v) is 10.3. The molecule has 1 aromatic heterocycles. The number of ether oxygens (including phenoxy) is 1. The van der Waals surface area contributed by atoms with Crippen LogP contribution in [0.5, 0.6) is 0 Å². The number of carbonyl (C=O) groups excluding carboxylic acids is 1. The van der Waals surface area contributed by atoms with Gasteiger partial charge in [-0.3, -0.25) is 10.2 Å². The fourth-order valence-electron chi connectivity index (χ4n) is 4.54. The van der Waals surface area contributed by atoms with Crippen LogP contribution >= 0.6 is 0 Å². The maximum absolute atomic E-state index is 12.2. The highest BCUT2D eigenvalue weighted by Crippen LogP contribution is 2.39. The van der Waals surface area contributed by atoms with Crippen molar-refractivity contribution in [3.05, 3.63) is 53.3 Å². The van der Waals surface area contributed by atoms with Gasteiger partial charge in [-0.15, -0.1) is 0 Å². The van der Waals surface area contributed by atoms with E-state index in [-0.39, 0.29) is 6.61 Å². The van der Waals surface area contributed by atoms with E-state index in [1.807, 2.05) is 36.5 Å². The van der Waals surface area contributed by atoms with E-state index in [0.29, 0.717) is 17.9 Å². The van der Waals surface area contributed by atoms with Crippen molar-refractivity contribution < 1.29 is 9.53 Å². The van der Waals surface area contributed by atoms with Crippen molar-refractivity contribution >= 4 is 12.0 Å². The summed E-state index contributed by atoms with van der Waals surface area (Å²) in [5.41, 5.74) is 3.29. The maximum atomic E-state index is 12.2. The van der Waals surface area contributed by atoms with Crippen LogP contribution in [0.25, 0.3) is 0 Å². The number of aryl methyl sites for hydroxylation is 1. The highest BCUT2D eigenvalue weighted by atomic mass is 16.5. The third-order valence-corrected chi connectivity index (χ3v) is 5.79. The Kier molecular flexibility index (Phi) is 5.86. The van der Waals surface area contributed by atoms with Gasteiger partial charge in [0.2, 0.25) is 5.95 Å². The van der Waals surface area contributed by atoms with Crippen LogP contribution in [-0.2, 0) is 17.8 Å². The molecule has 0 bridgehead atoms. The number of fused-ring (bicyclic) bond motifs is 3. The van der Waals surface area contributed by atoms with E-state index in [1.165, 1.54) is 31.4 Å². The molecule has 2 atom stereocenters. The van der Waals surface area contributed by atoms with Gasteiger partial charge < -0.3 is 4.74 Å². The molecule has 1 N–H and O–H groups in total. The number of hydrogen-bond donors (Lipinski definition) is 1.